The van der Waals surface area contributed by atoms with Gasteiger partial charge in [-0.2, -0.15) is 0 Å². The predicted octanol–water partition coefficient (Wildman–Crippen LogP) is 5.08. The van der Waals surface area contributed by atoms with Crippen LogP contribution in [-0.2, 0) is 6.42 Å². The number of benzene rings is 1. The van der Waals surface area contributed by atoms with E-state index in [0.717, 1.165) is 24.4 Å². The summed E-state index contributed by atoms with van der Waals surface area (Å²) >= 11 is 7.77. The van der Waals surface area contributed by atoms with Crippen LogP contribution in [0.4, 0.5) is 0 Å². The van der Waals surface area contributed by atoms with Crippen LogP contribution < -0.4 is 5.32 Å². The van der Waals surface area contributed by atoms with E-state index in [1.165, 1.54) is 16.9 Å². The Bertz CT molecular complexity index is 464. The van der Waals surface area contributed by atoms with Crippen LogP contribution in [0.3, 0.4) is 0 Å². The van der Waals surface area contributed by atoms with Crippen molar-refractivity contribution in [2.75, 3.05) is 6.54 Å². The van der Waals surface area contributed by atoms with Gasteiger partial charge in [0.15, 0.2) is 0 Å². The van der Waals surface area contributed by atoms with Crippen molar-refractivity contribution < 1.29 is 0 Å². The smallest absolute Gasteiger partial charge is 0.0406 e. The quantitative estimate of drug-likeness (QED) is 0.751. The molecule has 19 heavy (non-hydrogen) atoms. The lowest BCUT2D eigenvalue weighted by molar-refractivity contribution is 0.498. The Kier molecular flexibility index (Phi) is 5.90. The zero-order valence-electron chi connectivity index (χ0n) is 11.2. The van der Waals surface area contributed by atoms with Crippen LogP contribution in [0, 0.1) is 0 Å². The second-order valence-electron chi connectivity index (χ2n) is 4.68. The molecule has 0 aliphatic rings. The van der Waals surface area contributed by atoms with E-state index in [0.29, 0.717) is 6.04 Å². The van der Waals surface area contributed by atoms with E-state index >= 15 is 0 Å². The topological polar surface area (TPSA) is 12.0 Å². The number of rotatable bonds is 7. The van der Waals surface area contributed by atoms with Gasteiger partial charge in [-0.1, -0.05) is 43.1 Å². The van der Waals surface area contributed by atoms with E-state index in [9.17, 15) is 0 Å². The SMILES string of the molecule is CCCC(NCCc1cccs1)c1ccc(Cl)cc1. The highest BCUT2D eigenvalue weighted by atomic mass is 35.5. The summed E-state index contributed by atoms with van der Waals surface area (Å²) in [6.45, 7) is 3.25. The minimum atomic E-state index is 0.433. The van der Waals surface area contributed by atoms with Gasteiger partial charge >= 0.3 is 0 Å². The second-order valence-corrected chi connectivity index (χ2v) is 6.14. The average Bonchev–Trinajstić information content (AvgIpc) is 2.92. The summed E-state index contributed by atoms with van der Waals surface area (Å²) in [7, 11) is 0. The summed E-state index contributed by atoms with van der Waals surface area (Å²) in [5.41, 5.74) is 1.33. The molecule has 1 aromatic heterocycles. The molecule has 0 spiro atoms. The maximum Gasteiger partial charge on any atom is 0.0406 e. The summed E-state index contributed by atoms with van der Waals surface area (Å²) in [4.78, 5) is 1.44. The monoisotopic (exact) mass is 293 g/mol. The number of halogens is 1. The fraction of sp³-hybridized carbons (Fsp3) is 0.375. The molecule has 1 unspecified atom stereocenters. The minimum absolute atomic E-state index is 0.433. The van der Waals surface area contributed by atoms with Gasteiger partial charge in [0, 0.05) is 22.5 Å². The molecule has 0 fully saturated rings. The lowest BCUT2D eigenvalue weighted by atomic mass is 10.0. The highest BCUT2D eigenvalue weighted by molar-refractivity contribution is 7.09. The van der Waals surface area contributed by atoms with Gasteiger partial charge in [0.25, 0.3) is 0 Å². The third kappa shape index (κ3) is 4.64. The molecule has 1 aromatic carbocycles. The zero-order valence-corrected chi connectivity index (χ0v) is 12.8. The molecule has 102 valence electrons. The maximum atomic E-state index is 5.95. The molecular weight excluding hydrogens is 274 g/mol. The van der Waals surface area contributed by atoms with E-state index < -0.39 is 0 Å². The van der Waals surface area contributed by atoms with Crippen molar-refractivity contribution in [3.05, 3.63) is 57.2 Å². The Hall–Kier alpha value is -0.830. The molecule has 0 bridgehead atoms. The predicted molar refractivity (Wildman–Crippen MR) is 85.1 cm³/mol. The summed E-state index contributed by atoms with van der Waals surface area (Å²) in [5, 5.41) is 6.60. The van der Waals surface area contributed by atoms with E-state index in [4.69, 9.17) is 11.6 Å². The molecule has 1 heterocycles. The zero-order chi connectivity index (χ0) is 13.5. The number of nitrogens with one attached hydrogen (secondary N) is 1. The van der Waals surface area contributed by atoms with Gasteiger partial charge in [-0.15, -0.1) is 11.3 Å². The Balaban J connectivity index is 1.90. The first kappa shape index (κ1) is 14.6. The fourth-order valence-electron chi connectivity index (χ4n) is 2.19. The molecule has 0 saturated heterocycles. The summed E-state index contributed by atoms with van der Waals surface area (Å²) in [6, 6.07) is 12.9. The lowest BCUT2D eigenvalue weighted by Crippen LogP contribution is -2.23. The molecule has 2 aromatic rings. The average molecular weight is 294 g/mol. The second kappa shape index (κ2) is 7.68. The Morgan fingerprint density at radius 3 is 2.63 bits per heavy atom. The Labute approximate surface area is 124 Å². The van der Waals surface area contributed by atoms with Gasteiger partial charge in [-0.3, -0.25) is 0 Å². The molecule has 0 saturated carbocycles. The van der Waals surface area contributed by atoms with E-state index in [1.54, 1.807) is 0 Å². The van der Waals surface area contributed by atoms with Crippen LogP contribution in [0.2, 0.25) is 5.02 Å². The molecule has 1 atom stereocenters. The molecule has 2 rings (SSSR count). The van der Waals surface area contributed by atoms with Crippen molar-refractivity contribution in [3.63, 3.8) is 0 Å². The van der Waals surface area contributed by atoms with E-state index in [1.807, 2.05) is 23.5 Å². The van der Waals surface area contributed by atoms with Gasteiger partial charge in [0.2, 0.25) is 0 Å². The van der Waals surface area contributed by atoms with Crippen molar-refractivity contribution in [2.45, 2.75) is 32.2 Å². The molecule has 0 amide bonds. The molecule has 3 heteroatoms. The first-order chi connectivity index (χ1) is 9.29. The van der Waals surface area contributed by atoms with Gasteiger partial charge in [0.1, 0.15) is 0 Å². The molecular formula is C16H20ClNS. The molecule has 0 aliphatic carbocycles. The molecule has 1 nitrogen and oxygen atoms in total. The van der Waals surface area contributed by atoms with Gasteiger partial charge < -0.3 is 5.32 Å². The van der Waals surface area contributed by atoms with Crippen molar-refractivity contribution >= 4 is 22.9 Å². The van der Waals surface area contributed by atoms with Crippen LogP contribution in [0.15, 0.2) is 41.8 Å². The van der Waals surface area contributed by atoms with Crippen molar-refractivity contribution in [1.29, 1.82) is 0 Å². The molecule has 1 N–H and O–H groups in total. The van der Waals surface area contributed by atoms with E-state index in [-0.39, 0.29) is 0 Å². The Morgan fingerprint density at radius 2 is 2.00 bits per heavy atom. The lowest BCUT2D eigenvalue weighted by Gasteiger charge is -2.18. The number of thiophene rings is 1. The van der Waals surface area contributed by atoms with Gasteiger partial charge in [-0.25, -0.2) is 0 Å². The highest BCUT2D eigenvalue weighted by Gasteiger charge is 2.09. The van der Waals surface area contributed by atoms with Crippen LogP contribution in [0.25, 0.3) is 0 Å². The fourth-order valence-corrected chi connectivity index (χ4v) is 3.03. The summed E-state index contributed by atoms with van der Waals surface area (Å²) in [6.07, 6.45) is 3.44. The van der Waals surface area contributed by atoms with Crippen LogP contribution >= 0.6 is 22.9 Å². The van der Waals surface area contributed by atoms with Gasteiger partial charge in [-0.05, 0) is 42.0 Å². The van der Waals surface area contributed by atoms with Crippen molar-refractivity contribution in [2.24, 2.45) is 0 Å². The Morgan fingerprint density at radius 1 is 1.21 bits per heavy atom. The minimum Gasteiger partial charge on any atom is -0.310 e. The summed E-state index contributed by atoms with van der Waals surface area (Å²) < 4.78 is 0. The maximum absolute atomic E-state index is 5.95. The number of hydrogen-bond acceptors (Lipinski definition) is 2. The first-order valence-corrected chi connectivity index (χ1v) is 8.06. The van der Waals surface area contributed by atoms with Gasteiger partial charge in [0.05, 0.1) is 0 Å². The normalized spacial score (nSPS) is 12.5. The van der Waals surface area contributed by atoms with Crippen molar-refractivity contribution in [3.8, 4) is 0 Å². The third-order valence-electron chi connectivity index (χ3n) is 3.19. The first-order valence-electron chi connectivity index (χ1n) is 6.81. The number of hydrogen-bond donors (Lipinski definition) is 1. The third-order valence-corrected chi connectivity index (χ3v) is 4.38. The van der Waals surface area contributed by atoms with Crippen LogP contribution in [0.1, 0.15) is 36.2 Å². The standard InChI is InChI=1S/C16H20ClNS/c1-2-4-16(13-6-8-14(17)9-7-13)18-11-10-15-5-3-12-19-15/h3,5-9,12,16,18H,2,4,10-11H2,1H3. The molecule has 0 aliphatic heterocycles. The van der Waals surface area contributed by atoms with Crippen molar-refractivity contribution in [1.82, 2.24) is 5.32 Å². The largest absolute Gasteiger partial charge is 0.310 e. The summed E-state index contributed by atoms with van der Waals surface area (Å²) in [5.74, 6) is 0. The highest BCUT2D eigenvalue weighted by Crippen LogP contribution is 2.20. The van der Waals surface area contributed by atoms with E-state index in [2.05, 4.69) is 41.9 Å². The van der Waals surface area contributed by atoms with Crippen LogP contribution in [0.5, 0.6) is 0 Å². The molecule has 0 radical (unpaired) electrons. The van der Waals surface area contributed by atoms with Crippen LogP contribution in [-0.4, -0.2) is 6.54 Å².